The van der Waals surface area contributed by atoms with E-state index in [1.54, 1.807) is 11.3 Å². The van der Waals surface area contributed by atoms with Crippen molar-refractivity contribution < 1.29 is 4.79 Å². The molecule has 0 spiro atoms. The van der Waals surface area contributed by atoms with Crippen LogP contribution in [-0.4, -0.2) is 28.8 Å². The van der Waals surface area contributed by atoms with Crippen LogP contribution in [0, 0.1) is 0 Å². The van der Waals surface area contributed by atoms with E-state index in [1.807, 2.05) is 41.4 Å². The summed E-state index contributed by atoms with van der Waals surface area (Å²) in [7, 11) is 0. The highest BCUT2D eigenvalue weighted by atomic mass is 32.1. The zero-order valence-electron chi connectivity index (χ0n) is 11.4. The molecule has 1 aliphatic rings. The van der Waals surface area contributed by atoms with Crippen molar-refractivity contribution in [1.82, 2.24) is 15.1 Å². The van der Waals surface area contributed by atoms with Gasteiger partial charge in [-0.15, -0.1) is 11.3 Å². The van der Waals surface area contributed by atoms with E-state index in [9.17, 15) is 4.79 Å². The number of rotatable bonds is 4. The number of amides is 1. The van der Waals surface area contributed by atoms with Gasteiger partial charge in [0, 0.05) is 23.7 Å². The second-order valence-corrected chi connectivity index (χ2v) is 6.03. The first-order valence-electron chi connectivity index (χ1n) is 6.84. The van der Waals surface area contributed by atoms with Crippen LogP contribution in [0.1, 0.15) is 30.2 Å². The topological polar surface area (TPSA) is 59.0 Å². The maximum absolute atomic E-state index is 12.2. The molecule has 20 heavy (non-hydrogen) atoms. The number of hydrogen-bond donors (Lipinski definition) is 2. The maximum Gasteiger partial charge on any atom is 0.233 e. The van der Waals surface area contributed by atoms with Crippen molar-refractivity contribution >= 4 is 23.1 Å². The number of hydrogen-bond acceptors (Lipinski definition) is 4. The Hall–Kier alpha value is -1.66. The van der Waals surface area contributed by atoms with Crippen LogP contribution in [0.5, 0.6) is 0 Å². The molecule has 2 aromatic rings. The van der Waals surface area contributed by atoms with E-state index in [1.165, 1.54) is 0 Å². The molecule has 0 aliphatic carbocycles. The molecule has 6 heteroatoms. The third-order valence-corrected chi connectivity index (χ3v) is 4.69. The van der Waals surface area contributed by atoms with Gasteiger partial charge in [-0.25, -0.2) is 0 Å². The van der Waals surface area contributed by atoms with Crippen LogP contribution < -0.4 is 10.6 Å². The molecule has 106 valence electrons. The Morgan fingerprint density at radius 1 is 1.60 bits per heavy atom. The Kier molecular flexibility index (Phi) is 3.84. The van der Waals surface area contributed by atoms with Crippen molar-refractivity contribution in [3.63, 3.8) is 0 Å². The van der Waals surface area contributed by atoms with Crippen molar-refractivity contribution in [2.45, 2.75) is 25.3 Å². The van der Waals surface area contributed by atoms with E-state index in [0.29, 0.717) is 11.9 Å². The number of anilines is 1. The molecule has 1 saturated heterocycles. The molecule has 0 bridgehead atoms. The van der Waals surface area contributed by atoms with Gasteiger partial charge in [-0.2, -0.15) is 5.10 Å². The van der Waals surface area contributed by atoms with Crippen molar-refractivity contribution in [3.05, 3.63) is 34.7 Å². The normalized spacial score (nSPS) is 19.9. The molecule has 0 radical (unpaired) electrons. The van der Waals surface area contributed by atoms with E-state index in [2.05, 4.69) is 15.7 Å². The number of aromatic nitrogens is 2. The second-order valence-electron chi connectivity index (χ2n) is 5.05. The predicted octanol–water partition coefficient (Wildman–Crippen LogP) is 2.22. The van der Waals surface area contributed by atoms with Gasteiger partial charge in [-0.1, -0.05) is 6.07 Å². The maximum atomic E-state index is 12.2. The van der Waals surface area contributed by atoms with Crippen LogP contribution in [0.2, 0.25) is 0 Å². The van der Waals surface area contributed by atoms with Crippen LogP contribution >= 0.6 is 11.3 Å². The molecule has 0 unspecified atom stereocenters. The zero-order chi connectivity index (χ0) is 13.9. The summed E-state index contributed by atoms with van der Waals surface area (Å²) >= 11 is 1.60. The molecule has 5 nitrogen and oxygen atoms in total. The minimum Gasteiger partial charge on any atom is -0.315 e. The fraction of sp³-hybridized carbons (Fsp3) is 0.429. The molecule has 0 aromatic carbocycles. The lowest BCUT2D eigenvalue weighted by Gasteiger charge is -2.10. The van der Waals surface area contributed by atoms with Gasteiger partial charge in [0.2, 0.25) is 5.91 Å². The lowest BCUT2D eigenvalue weighted by atomic mass is 10.1. The van der Waals surface area contributed by atoms with Gasteiger partial charge >= 0.3 is 0 Å². The van der Waals surface area contributed by atoms with Crippen LogP contribution in [0.3, 0.4) is 0 Å². The standard InChI is InChI=1S/C14H18N4OS/c1-10(12-3-2-8-20-12)14(19)16-13-5-7-18(17-13)11-4-6-15-9-11/h2-3,5,7-8,10-11,15H,4,6,9H2,1H3,(H,16,17,19)/t10-,11-/m1/s1. The molecule has 3 heterocycles. The molecule has 1 amide bonds. The summed E-state index contributed by atoms with van der Waals surface area (Å²) in [5.41, 5.74) is 0. The van der Waals surface area contributed by atoms with Crippen LogP contribution in [0.25, 0.3) is 0 Å². The van der Waals surface area contributed by atoms with Crippen molar-refractivity contribution in [3.8, 4) is 0 Å². The molecular weight excluding hydrogens is 272 g/mol. The molecule has 1 aliphatic heterocycles. The summed E-state index contributed by atoms with van der Waals surface area (Å²) in [6, 6.07) is 6.20. The van der Waals surface area contributed by atoms with Crippen LogP contribution in [0.15, 0.2) is 29.8 Å². The van der Waals surface area contributed by atoms with E-state index >= 15 is 0 Å². The SMILES string of the molecule is C[C@@H](C(=O)Nc1ccn([C@@H]2CCNC2)n1)c1cccs1. The third-order valence-electron chi connectivity index (χ3n) is 3.63. The fourth-order valence-corrected chi connectivity index (χ4v) is 3.16. The Morgan fingerprint density at radius 3 is 3.20 bits per heavy atom. The molecule has 2 atom stereocenters. The number of thiophene rings is 1. The van der Waals surface area contributed by atoms with Gasteiger partial charge in [0.25, 0.3) is 0 Å². The number of nitrogens with zero attached hydrogens (tertiary/aromatic N) is 2. The second kappa shape index (κ2) is 5.76. The third kappa shape index (κ3) is 2.76. The van der Waals surface area contributed by atoms with Gasteiger partial charge in [0.05, 0.1) is 12.0 Å². The van der Waals surface area contributed by atoms with Gasteiger partial charge < -0.3 is 10.6 Å². The largest absolute Gasteiger partial charge is 0.315 e. The minimum absolute atomic E-state index is 0.0118. The van der Waals surface area contributed by atoms with Crippen molar-refractivity contribution in [1.29, 1.82) is 0 Å². The summed E-state index contributed by atoms with van der Waals surface area (Å²) < 4.78 is 1.94. The first-order chi connectivity index (χ1) is 9.74. The average molecular weight is 290 g/mol. The average Bonchev–Trinajstić information content (AvgIpc) is 3.19. The summed E-state index contributed by atoms with van der Waals surface area (Å²) in [6.45, 7) is 3.89. The molecule has 2 aromatic heterocycles. The molecule has 1 fully saturated rings. The quantitative estimate of drug-likeness (QED) is 0.907. The smallest absolute Gasteiger partial charge is 0.233 e. The highest BCUT2D eigenvalue weighted by Crippen LogP contribution is 2.22. The van der Waals surface area contributed by atoms with Crippen LogP contribution in [0.4, 0.5) is 5.82 Å². The highest BCUT2D eigenvalue weighted by Gasteiger charge is 2.19. The first kappa shape index (κ1) is 13.3. The summed E-state index contributed by atoms with van der Waals surface area (Å²) in [5, 5.41) is 12.6. The Bertz CT molecular complexity index is 572. The molecule has 0 saturated carbocycles. The molecule has 2 N–H and O–H groups in total. The Morgan fingerprint density at radius 2 is 2.50 bits per heavy atom. The summed E-state index contributed by atoms with van der Waals surface area (Å²) in [5.74, 6) is 0.473. The van der Waals surface area contributed by atoms with Gasteiger partial charge in [0.15, 0.2) is 5.82 Å². The summed E-state index contributed by atoms with van der Waals surface area (Å²) in [6.07, 6.45) is 3.02. The minimum atomic E-state index is -0.145. The van der Waals surface area contributed by atoms with Gasteiger partial charge in [-0.3, -0.25) is 9.48 Å². The zero-order valence-corrected chi connectivity index (χ0v) is 12.2. The molecule has 3 rings (SSSR count). The number of carbonyl (C=O) groups is 1. The van der Waals surface area contributed by atoms with E-state index < -0.39 is 0 Å². The van der Waals surface area contributed by atoms with Crippen LogP contribution in [-0.2, 0) is 4.79 Å². The fourth-order valence-electron chi connectivity index (χ4n) is 2.37. The molecular formula is C14H18N4OS. The lowest BCUT2D eigenvalue weighted by molar-refractivity contribution is -0.117. The van der Waals surface area contributed by atoms with E-state index in [0.717, 1.165) is 24.4 Å². The lowest BCUT2D eigenvalue weighted by Crippen LogP contribution is -2.19. The van der Waals surface area contributed by atoms with Crippen molar-refractivity contribution in [2.24, 2.45) is 0 Å². The monoisotopic (exact) mass is 290 g/mol. The van der Waals surface area contributed by atoms with E-state index in [4.69, 9.17) is 0 Å². The highest BCUT2D eigenvalue weighted by molar-refractivity contribution is 7.10. The van der Waals surface area contributed by atoms with Crippen molar-refractivity contribution in [2.75, 3.05) is 18.4 Å². The predicted molar refractivity (Wildman–Crippen MR) is 80.1 cm³/mol. The van der Waals surface area contributed by atoms with E-state index in [-0.39, 0.29) is 11.8 Å². The van der Waals surface area contributed by atoms with Gasteiger partial charge in [0.1, 0.15) is 0 Å². The number of nitrogens with one attached hydrogen (secondary N) is 2. The summed E-state index contributed by atoms with van der Waals surface area (Å²) in [4.78, 5) is 13.2. The van der Waals surface area contributed by atoms with Gasteiger partial charge in [-0.05, 0) is 31.3 Å². The Labute approximate surface area is 122 Å². The Balaban J connectivity index is 1.64. The first-order valence-corrected chi connectivity index (χ1v) is 7.72. The number of carbonyl (C=O) groups excluding carboxylic acids is 1.